The molecule has 0 saturated heterocycles. The van der Waals surface area contributed by atoms with Crippen LogP contribution in [0.15, 0.2) is 45.7 Å². The van der Waals surface area contributed by atoms with Crippen molar-refractivity contribution < 1.29 is 14.1 Å². The third-order valence-corrected chi connectivity index (χ3v) is 3.70. The van der Waals surface area contributed by atoms with Crippen LogP contribution in [0.1, 0.15) is 5.76 Å². The minimum absolute atomic E-state index is 0.0562. The summed E-state index contributed by atoms with van der Waals surface area (Å²) in [6.45, 7) is 0. The number of rotatable bonds is 5. The van der Waals surface area contributed by atoms with Gasteiger partial charge in [0.15, 0.2) is 11.5 Å². The molecule has 2 rings (SSSR count). The number of nitrogens with one attached hydrogen (secondary N) is 2. The molecule has 0 amide bonds. The monoisotopic (exact) mass is 331 g/mol. The smallest absolute Gasteiger partial charge is 0.280 e. The van der Waals surface area contributed by atoms with Crippen LogP contribution in [0.2, 0.25) is 0 Å². The maximum Gasteiger partial charge on any atom is 0.280 e. The highest BCUT2D eigenvalue weighted by Gasteiger charge is 2.17. The van der Waals surface area contributed by atoms with E-state index in [9.17, 15) is 14.9 Å². The summed E-state index contributed by atoms with van der Waals surface area (Å²) in [5, 5.41) is 21.3. The quantitative estimate of drug-likeness (QED) is 0.217. The Morgan fingerprint density at radius 3 is 2.74 bits per heavy atom. The molecule has 0 bridgehead atoms. The van der Waals surface area contributed by atoms with Crippen molar-refractivity contribution in [3.05, 3.63) is 57.2 Å². The molecule has 1 heterocycles. The lowest BCUT2D eigenvalue weighted by atomic mass is 10.1. The van der Waals surface area contributed by atoms with Crippen molar-refractivity contribution in [1.82, 2.24) is 5.32 Å². The molecule has 0 saturated carbocycles. The van der Waals surface area contributed by atoms with Crippen molar-refractivity contribution >= 4 is 35.0 Å². The van der Waals surface area contributed by atoms with Crippen molar-refractivity contribution in [2.45, 2.75) is 0 Å². The normalized spacial score (nSPS) is 11.1. The first-order valence-corrected chi connectivity index (χ1v) is 7.31. The first-order chi connectivity index (χ1) is 11.0. The van der Waals surface area contributed by atoms with Crippen molar-refractivity contribution in [3.8, 4) is 11.3 Å². The Morgan fingerprint density at radius 2 is 2.09 bits per heavy atom. The van der Waals surface area contributed by atoms with E-state index in [1.807, 2.05) is 0 Å². The van der Waals surface area contributed by atoms with Crippen LogP contribution in [-0.4, -0.2) is 23.4 Å². The van der Waals surface area contributed by atoms with E-state index < -0.39 is 4.92 Å². The lowest BCUT2D eigenvalue weighted by molar-refractivity contribution is -0.384. The number of aldehydes is 1. The molecular formula is C15H13N3O4S. The molecule has 0 atom stereocenters. The zero-order valence-corrected chi connectivity index (χ0v) is 12.9. The number of carbonyl (C=O) groups excluding carboxylic acids is 1. The van der Waals surface area contributed by atoms with Crippen LogP contribution >= 0.6 is 11.8 Å². The van der Waals surface area contributed by atoms with Crippen molar-refractivity contribution in [2.24, 2.45) is 0 Å². The predicted molar refractivity (Wildman–Crippen MR) is 89.2 cm³/mol. The first-order valence-electron chi connectivity index (χ1n) is 6.50. The van der Waals surface area contributed by atoms with Crippen LogP contribution in [0.5, 0.6) is 0 Å². The Balaban J connectivity index is 2.32. The van der Waals surface area contributed by atoms with Crippen molar-refractivity contribution in [1.29, 1.82) is 5.41 Å². The highest BCUT2D eigenvalue weighted by molar-refractivity contribution is 8.17. The van der Waals surface area contributed by atoms with Crippen LogP contribution in [0.4, 0.5) is 5.69 Å². The van der Waals surface area contributed by atoms with Gasteiger partial charge in [0.25, 0.3) is 5.69 Å². The maximum atomic E-state index is 11.1. The molecule has 0 unspecified atom stereocenters. The Kier molecular flexibility index (Phi) is 5.32. The van der Waals surface area contributed by atoms with Gasteiger partial charge in [0.2, 0.25) is 0 Å². The van der Waals surface area contributed by atoms with E-state index in [1.54, 1.807) is 37.4 Å². The average Bonchev–Trinajstić information content (AvgIpc) is 3.02. The van der Waals surface area contributed by atoms with Crippen molar-refractivity contribution in [3.63, 3.8) is 0 Å². The molecule has 0 fully saturated rings. The lowest BCUT2D eigenvalue weighted by Crippen LogP contribution is -2.12. The van der Waals surface area contributed by atoms with E-state index in [1.165, 1.54) is 12.1 Å². The fraction of sp³-hybridized carbons (Fsp3) is 0.0667. The molecule has 7 nitrogen and oxygen atoms in total. The fourth-order valence-electron chi connectivity index (χ4n) is 1.81. The number of nitro groups is 1. The third-order valence-electron chi connectivity index (χ3n) is 2.84. The molecule has 0 aliphatic rings. The van der Waals surface area contributed by atoms with Crippen LogP contribution < -0.4 is 5.32 Å². The van der Waals surface area contributed by atoms with Gasteiger partial charge in [-0.2, -0.15) is 0 Å². The number of furan rings is 1. The molecule has 2 N–H and O–H groups in total. The molecule has 0 spiro atoms. The number of thioether (sulfide) groups is 1. The summed E-state index contributed by atoms with van der Waals surface area (Å²) < 4.78 is 5.56. The molecule has 0 aliphatic carbocycles. The summed E-state index contributed by atoms with van der Waals surface area (Å²) in [5.74, 6) is 0.708. The minimum atomic E-state index is -0.478. The Hall–Kier alpha value is -2.87. The summed E-state index contributed by atoms with van der Waals surface area (Å²) in [6.07, 6.45) is 2.09. The van der Waals surface area contributed by atoms with Gasteiger partial charge in [0.1, 0.15) is 11.5 Å². The van der Waals surface area contributed by atoms with Crippen molar-refractivity contribution in [2.75, 3.05) is 7.05 Å². The second-order valence-electron chi connectivity index (χ2n) is 4.32. The highest BCUT2D eigenvalue weighted by Crippen LogP contribution is 2.31. The van der Waals surface area contributed by atoms with Crippen LogP contribution in [0, 0.1) is 15.5 Å². The molecular weight excluding hydrogens is 318 g/mol. The second kappa shape index (κ2) is 7.41. The zero-order chi connectivity index (χ0) is 16.8. The van der Waals surface area contributed by atoms with Gasteiger partial charge in [0.05, 0.1) is 15.4 Å². The third kappa shape index (κ3) is 4.07. The van der Waals surface area contributed by atoms with Gasteiger partial charge in [-0.1, -0.05) is 12.1 Å². The summed E-state index contributed by atoms with van der Waals surface area (Å²) in [5.41, 5.74) is 0.305. The van der Waals surface area contributed by atoms with E-state index in [0.29, 0.717) is 23.4 Å². The predicted octanol–water partition coefficient (Wildman–Crippen LogP) is 3.28. The number of para-hydroxylation sites is 1. The summed E-state index contributed by atoms with van der Waals surface area (Å²) >= 11 is 0.950. The number of hydrogen-bond acceptors (Lipinski definition) is 6. The number of amidine groups is 1. The number of carbonyl (C=O) groups is 1. The van der Waals surface area contributed by atoms with Crippen LogP contribution in [0.3, 0.4) is 0 Å². The molecule has 1 aromatic heterocycles. The SMILES string of the molecule is CNC(=N)S/C(C=O)=C\c1ccc(-c2ccccc2[N+](=O)[O-])o1. The molecule has 0 radical (unpaired) electrons. The number of benzene rings is 1. The van der Waals surface area contributed by atoms with Gasteiger partial charge in [-0.15, -0.1) is 0 Å². The zero-order valence-electron chi connectivity index (χ0n) is 12.1. The number of nitro benzene ring substituents is 1. The van der Waals surface area contributed by atoms with E-state index in [-0.39, 0.29) is 15.8 Å². The Labute approximate surface area is 136 Å². The first kappa shape index (κ1) is 16.5. The van der Waals surface area contributed by atoms with Gasteiger partial charge in [-0.25, -0.2) is 0 Å². The highest BCUT2D eigenvalue weighted by atomic mass is 32.2. The minimum Gasteiger partial charge on any atom is -0.456 e. The number of hydrogen-bond donors (Lipinski definition) is 2. The molecule has 1 aromatic carbocycles. The lowest BCUT2D eigenvalue weighted by Gasteiger charge is -2.00. The Bertz CT molecular complexity index is 783. The van der Waals surface area contributed by atoms with E-state index in [4.69, 9.17) is 9.83 Å². The molecule has 0 aliphatic heterocycles. The van der Waals surface area contributed by atoms with Gasteiger partial charge in [-0.05, 0) is 36.0 Å². The fourth-order valence-corrected chi connectivity index (χ4v) is 2.37. The van der Waals surface area contributed by atoms with Gasteiger partial charge >= 0.3 is 0 Å². The second-order valence-corrected chi connectivity index (χ2v) is 5.41. The van der Waals surface area contributed by atoms with Crippen LogP contribution in [-0.2, 0) is 4.79 Å². The van der Waals surface area contributed by atoms with E-state index >= 15 is 0 Å². The van der Waals surface area contributed by atoms with Crippen LogP contribution in [0.25, 0.3) is 17.4 Å². The molecule has 118 valence electrons. The average molecular weight is 331 g/mol. The van der Waals surface area contributed by atoms with Gasteiger partial charge < -0.3 is 9.73 Å². The largest absolute Gasteiger partial charge is 0.456 e. The van der Waals surface area contributed by atoms with E-state index in [2.05, 4.69) is 5.32 Å². The topological polar surface area (TPSA) is 109 Å². The molecule has 8 heteroatoms. The summed E-state index contributed by atoms with van der Waals surface area (Å²) in [4.78, 5) is 21.9. The standard InChI is InChI=1S/C15H13N3O4S/c1-17-15(16)23-11(9-19)8-10-6-7-14(22-10)12-4-2-3-5-13(12)18(20)21/h2-9H,1H3,(H2,16,17)/b11-8-. The number of allylic oxidation sites excluding steroid dienone is 1. The van der Waals surface area contributed by atoms with Gasteiger partial charge in [0, 0.05) is 13.1 Å². The summed E-state index contributed by atoms with van der Waals surface area (Å²) in [6, 6.07) is 9.46. The molecule has 23 heavy (non-hydrogen) atoms. The maximum absolute atomic E-state index is 11.1. The Morgan fingerprint density at radius 1 is 1.35 bits per heavy atom. The molecule has 2 aromatic rings. The van der Waals surface area contributed by atoms with Gasteiger partial charge in [-0.3, -0.25) is 20.3 Å². The number of nitrogens with zero attached hydrogens (tertiary/aromatic N) is 1. The van der Waals surface area contributed by atoms with E-state index in [0.717, 1.165) is 11.8 Å². The summed E-state index contributed by atoms with van der Waals surface area (Å²) in [7, 11) is 1.58.